The molecule has 6 heteroatoms. The minimum atomic E-state index is 0.275. The lowest BCUT2D eigenvalue weighted by Crippen LogP contribution is -2.38. The van der Waals surface area contributed by atoms with Crippen molar-refractivity contribution in [3.63, 3.8) is 0 Å². The van der Waals surface area contributed by atoms with Crippen molar-refractivity contribution in [3.05, 3.63) is 47.8 Å². The van der Waals surface area contributed by atoms with Crippen LogP contribution >= 0.6 is 0 Å². The van der Waals surface area contributed by atoms with Gasteiger partial charge in [0.15, 0.2) is 0 Å². The zero-order valence-corrected chi connectivity index (χ0v) is 15.5. The van der Waals surface area contributed by atoms with Gasteiger partial charge in [-0.1, -0.05) is 12.1 Å². The number of methoxy groups -OCH3 is 1. The number of nitrogens with one attached hydrogen (secondary N) is 3. The van der Waals surface area contributed by atoms with Crippen LogP contribution in [-0.2, 0) is 0 Å². The van der Waals surface area contributed by atoms with E-state index in [-0.39, 0.29) is 6.04 Å². The van der Waals surface area contributed by atoms with E-state index in [1.165, 1.54) is 11.1 Å². The van der Waals surface area contributed by atoms with Crippen LogP contribution in [0.4, 0.5) is 0 Å². The Kier molecular flexibility index (Phi) is 5.73. The highest BCUT2D eigenvalue weighted by Crippen LogP contribution is 2.27. The highest BCUT2D eigenvalue weighted by molar-refractivity contribution is 5.31. The van der Waals surface area contributed by atoms with Gasteiger partial charge in [0.25, 0.3) is 0 Å². The molecule has 1 aromatic carbocycles. The van der Waals surface area contributed by atoms with Crippen molar-refractivity contribution in [2.75, 3.05) is 20.2 Å². The quantitative estimate of drug-likeness (QED) is 0.719. The average molecular weight is 343 g/mol. The van der Waals surface area contributed by atoms with Crippen LogP contribution in [0.2, 0.25) is 0 Å². The highest BCUT2D eigenvalue weighted by atomic mass is 16.5. The summed E-state index contributed by atoms with van der Waals surface area (Å²) >= 11 is 0. The lowest BCUT2D eigenvalue weighted by Gasteiger charge is -2.25. The number of nitrogens with zero attached hydrogens (tertiary/aromatic N) is 2. The van der Waals surface area contributed by atoms with Gasteiger partial charge in [-0.3, -0.25) is 10.1 Å². The monoisotopic (exact) mass is 343 g/mol. The van der Waals surface area contributed by atoms with Gasteiger partial charge in [-0.2, -0.15) is 5.10 Å². The molecule has 1 aliphatic heterocycles. The number of hydrogen-bond donors (Lipinski definition) is 3. The van der Waals surface area contributed by atoms with Gasteiger partial charge in [0.05, 0.1) is 25.4 Å². The summed E-state index contributed by atoms with van der Waals surface area (Å²) in [4.78, 5) is 0. The van der Waals surface area contributed by atoms with Crippen LogP contribution in [0.15, 0.2) is 36.7 Å². The molecule has 0 bridgehead atoms. The van der Waals surface area contributed by atoms with E-state index in [1.54, 1.807) is 7.11 Å². The van der Waals surface area contributed by atoms with Gasteiger partial charge < -0.3 is 10.1 Å². The fourth-order valence-electron chi connectivity index (χ4n) is 3.31. The van der Waals surface area contributed by atoms with E-state index in [2.05, 4.69) is 60.4 Å². The Morgan fingerprint density at radius 3 is 2.96 bits per heavy atom. The summed E-state index contributed by atoms with van der Waals surface area (Å²) in [6.45, 7) is 8.38. The Balaban J connectivity index is 1.59. The molecule has 3 rings (SSSR count). The number of ether oxygens (including phenoxy) is 1. The smallest absolute Gasteiger partial charge is 0.119 e. The summed E-state index contributed by atoms with van der Waals surface area (Å²) in [5, 5.41) is 8.12. The molecule has 6 nitrogen and oxygen atoms in total. The third-order valence-corrected chi connectivity index (χ3v) is 5.12. The Hall–Kier alpha value is -1.89. The maximum Gasteiger partial charge on any atom is 0.119 e. The highest BCUT2D eigenvalue weighted by Gasteiger charge is 2.29. The van der Waals surface area contributed by atoms with Crippen LogP contribution in [-0.4, -0.2) is 36.0 Å². The maximum atomic E-state index is 5.36. The fraction of sp³-hybridized carbons (Fsp3) is 0.526. The number of hydrazine groups is 1. The van der Waals surface area contributed by atoms with Gasteiger partial charge in [0.2, 0.25) is 0 Å². The second kappa shape index (κ2) is 7.99. The van der Waals surface area contributed by atoms with Crippen LogP contribution in [0.5, 0.6) is 5.75 Å². The van der Waals surface area contributed by atoms with Crippen molar-refractivity contribution in [3.8, 4) is 5.75 Å². The predicted molar refractivity (Wildman–Crippen MR) is 99.5 cm³/mol. The van der Waals surface area contributed by atoms with E-state index in [4.69, 9.17) is 4.74 Å². The van der Waals surface area contributed by atoms with E-state index in [1.807, 2.05) is 23.0 Å². The lowest BCUT2D eigenvalue weighted by molar-refractivity contribution is 0.335. The van der Waals surface area contributed by atoms with E-state index in [0.29, 0.717) is 18.0 Å². The first-order chi connectivity index (χ1) is 12.1. The number of aryl methyl sites for hydroxylation is 1. The first-order valence-corrected chi connectivity index (χ1v) is 8.95. The lowest BCUT2D eigenvalue weighted by atomic mass is 9.94. The van der Waals surface area contributed by atoms with Crippen LogP contribution in [0.25, 0.3) is 0 Å². The van der Waals surface area contributed by atoms with Gasteiger partial charge in [0, 0.05) is 31.2 Å². The topological polar surface area (TPSA) is 63.1 Å². The fourth-order valence-corrected chi connectivity index (χ4v) is 3.31. The van der Waals surface area contributed by atoms with Crippen molar-refractivity contribution in [1.82, 2.24) is 25.9 Å². The summed E-state index contributed by atoms with van der Waals surface area (Å²) in [7, 11) is 1.71. The summed E-state index contributed by atoms with van der Waals surface area (Å²) in [5.41, 5.74) is 9.14. The summed E-state index contributed by atoms with van der Waals surface area (Å²) in [6.07, 6.45) is 4.01. The molecule has 0 amide bonds. The second-order valence-electron chi connectivity index (χ2n) is 6.97. The van der Waals surface area contributed by atoms with Crippen LogP contribution < -0.4 is 20.9 Å². The molecule has 0 radical (unpaired) electrons. The molecule has 3 N–H and O–H groups in total. The maximum absolute atomic E-state index is 5.36. The van der Waals surface area contributed by atoms with Crippen molar-refractivity contribution in [2.45, 2.75) is 38.9 Å². The van der Waals surface area contributed by atoms with Crippen molar-refractivity contribution in [2.24, 2.45) is 5.92 Å². The standard InChI is InChI=1S/C19H29N5O/c1-13-9-22-24(12-13)15(3)14(2)20-10-17-11-21-23-19(17)16-6-5-7-18(8-16)25-4/h5-9,12,14-15,17,19-21,23H,10-11H2,1-4H3. The molecule has 0 aliphatic carbocycles. The summed E-state index contributed by atoms with van der Waals surface area (Å²) in [6, 6.07) is 9.21. The molecule has 2 heterocycles. The van der Waals surface area contributed by atoms with Gasteiger partial charge in [-0.25, -0.2) is 5.43 Å². The van der Waals surface area contributed by atoms with Crippen molar-refractivity contribution < 1.29 is 4.74 Å². The third kappa shape index (κ3) is 4.21. The average Bonchev–Trinajstić information content (AvgIpc) is 3.28. The second-order valence-corrected chi connectivity index (χ2v) is 6.97. The minimum absolute atomic E-state index is 0.275. The van der Waals surface area contributed by atoms with Gasteiger partial charge in [-0.05, 0) is 44.0 Å². The number of benzene rings is 1. The van der Waals surface area contributed by atoms with Crippen LogP contribution in [0.3, 0.4) is 0 Å². The van der Waals surface area contributed by atoms with Gasteiger partial charge in [0.1, 0.15) is 5.75 Å². The number of aromatic nitrogens is 2. The zero-order valence-electron chi connectivity index (χ0n) is 15.5. The molecule has 1 fully saturated rings. The first-order valence-electron chi connectivity index (χ1n) is 8.95. The van der Waals surface area contributed by atoms with E-state index < -0.39 is 0 Å². The number of hydrogen-bond acceptors (Lipinski definition) is 5. The normalized spacial score (nSPS) is 22.7. The van der Waals surface area contributed by atoms with Gasteiger partial charge in [-0.15, -0.1) is 0 Å². The summed E-state index contributed by atoms with van der Waals surface area (Å²) < 4.78 is 7.40. The largest absolute Gasteiger partial charge is 0.497 e. The predicted octanol–water partition coefficient (Wildman–Crippen LogP) is 2.20. The Morgan fingerprint density at radius 1 is 1.40 bits per heavy atom. The molecule has 2 aromatic rings. The van der Waals surface area contributed by atoms with Crippen molar-refractivity contribution in [1.29, 1.82) is 0 Å². The summed E-state index contributed by atoms with van der Waals surface area (Å²) in [5.74, 6) is 1.37. The Labute approximate surface area is 149 Å². The molecule has 1 saturated heterocycles. The van der Waals surface area contributed by atoms with Crippen molar-refractivity contribution >= 4 is 0 Å². The molecule has 0 spiro atoms. The molecular weight excluding hydrogens is 314 g/mol. The molecule has 1 aliphatic rings. The van der Waals surface area contributed by atoms with E-state index in [0.717, 1.165) is 18.8 Å². The molecule has 1 aromatic heterocycles. The molecule has 4 unspecified atom stereocenters. The van der Waals surface area contributed by atoms with E-state index >= 15 is 0 Å². The Bertz CT molecular complexity index is 686. The zero-order chi connectivity index (χ0) is 17.8. The van der Waals surface area contributed by atoms with Crippen LogP contribution in [0.1, 0.15) is 37.1 Å². The SMILES string of the molecule is COc1cccc(C2NNCC2CNC(C)C(C)n2cc(C)cn2)c1. The molecule has 0 saturated carbocycles. The Morgan fingerprint density at radius 2 is 2.24 bits per heavy atom. The minimum Gasteiger partial charge on any atom is -0.497 e. The molecule has 4 atom stereocenters. The van der Waals surface area contributed by atoms with Gasteiger partial charge >= 0.3 is 0 Å². The molecular formula is C19H29N5O. The molecule has 136 valence electrons. The van der Waals surface area contributed by atoms with E-state index in [9.17, 15) is 0 Å². The van der Waals surface area contributed by atoms with Crippen LogP contribution in [0, 0.1) is 12.8 Å². The first kappa shape index (κ1) is 17.9. The molecule has 25 heavy (non-hydrogen) atoms. The number of rotatable bonds is 7. The third-order valence-electron chi connectivity index (χ3n) is 5.12.